The quantitative estimate of drug-likeness (QED) is 0.631. The van der Waals surface area contributed by atoms with Crippen LogP contribution in [0, 0.1) is 11.8 Å². The zero-order valence-electron chi connectivity index (χ0n) is 12.5. The van der Waals surface area contributed by atoms with Gasteiger partial charge in [-0.2, -0.15) is 0 Å². The molecule has 0 amide bonds. The van der Waals surface area contributed by atoms with Gasteiger partial charge in [0.05, 0.1) is 0 Å². The van der Waals surface area contributed by atoms with Crippen molar-refractivity contribution in [2.45, 2.75) is 34.6 Å². The van der Waals surface area contributed by atoms with Gasteiger partial charge in [0.25, 0.3) is 0 Å². The summed E-state index contributed by atoms with van der Waals surface area (Å²) in [6, 6.07) is 8.62. The fraction of sp³-hybridized carbons (Fsp3) is 0.316. The normalized spacial score (nSPS) is 21.0. The molecule has 0 heteroatoms. The first-order chi connectivity index (χ1) is 8.93. The first-order valence-electron chi connectivity index (χ1n) is 6.98. The van der Waals surface area contributed by atoms with E-state index in [4.69, 9.17) is 0 Å². The van der Waals surface area contributed by atoms with E-state index in [9.17, 15) is 0 Å². The molecule has 0 aliphatic heterocycles. The summed E-state index contributed by atoms with van der Waals surface area (Å²) in [4.78, 5) is 0. The van der Waals surface area contributed by atoms with Gasteiger partial charge in [-0.3, -0.25) is 0 Å². The molecule has 0 bridgehead atoms. The van der Waals surface area contributed by atoms with Gasteiger partial charge < -0.3 is 0 Å². The molecule has 19 heavy (non-hydrogen) atoms. The summed E-state index contributed by atoms with van der Waals surface area (Å²) in [6.07, 6.45) is 4.67. The lowest BCUT2D eigenvalue weighted by Crippen LogP contribution is -2.15. The van der Waals surface area contributed by atoms with Crippen molar-refractivity contribution < 1.29 is 0 Å². The largest absolute Gasteiger partial charge is 0.0619 e. The maximum Gasteiger partial charge on any atom is 0.0208 e. The molecule has 1 radical (unpaired) electrons. The lowest BCUT2D eigenvalue weighted by Gasteiger charge is -2.27. The molecule has 1 aromatic carbocycles. The summed E-state index contributed by atoms with van der Waals surface area (Å²) >= 11 is 0. The Morgan fingerprint density at radius 3 is 2.00 bits per heavy atom. The van der Waals surface area contributed by atoms with Gasteiger partial charge in [0, 0.05) is 11.8 Å². The van der Waals surface area contributed by atoms with Crippen LogP contribution in [0.5, 0.6) is 0 Å². The standard InChI is InChI=1S/C19H21/c1-12-13(2)18(19(4,5)14(12)3)17-10-15-8-6-7-9-16(15)11-17/h6-11H,1-5H3. The van der Waals surface area contributed by atoms with E-state index in [0.717, 1.165) is 0 Å². The molecule has 0 saturated heterocycles. The molecule has 0 spiro atoms. The van der Waals surface area contributed by atoms with Crippen LogP contribution >= 0.6 is 0 Å². The van der Waals surface area contributed by atoms with Crippen molar-refractivity contribution in [2.24, 2.45) is 5.41 Å². The monoisotopic (exact) mass is 249 g/mol. The second-order valence-corrected chi connectivity index (χ2v) is 6.25. The van der Waals surface area contributed by atoms with Crippen LogP contribution in [0.2, 0.25) is 0 Å². The third kappa shape index (κ3) is 1.66. The Labute approximate surface area is 116 Å². The molecule has 1 aromatic rings. The summed E-state index contributed by atoms with van der Waals surface area (Å²) in [5, 5.41) is 0. The zero-order chi connectivity index (χ0) is 13.8. The van der Waals surface area contributed by atoms with Crippen LogP contribution in [0.25, 0.3) is 6.08 Å². The molecule has 0 fully saturated rings. The van der Waals surface area contributed by atoms with Gasteiger partial charge in [-0.05, 0) is 54.2 Å². The molecular formula is C19H21. The fourth-order valence-corrected chi connectivity index (χ4v) is 3.47. The van der Waals surface area contributed by atoms with Crippen molar-refractivity contribution in [3.05, 3.63) is 69.7 Å². The van der Waals surface area contributed by atoms with Crippen molar-refractivity contribution in [3.8, 4) is 0 Å². The van der Waals surface area contributed by atoms with Gasteiger partial charge in [0.15, 0.2) is 0 Å². The van der Waals surface area contributed by atoms with Crippen LogP contribution in [-0.4, -0.2) is 0 Å². The molecule has 0 unspecified atom stereocenters. The minimum atomic E-state index is 0.151. The summed E-state index contributed by atoms with van der Waals surface area (Å²) in [6.45, 7) is 11.5. The van der Waals surface area contributed by atoms with Gasteiger partial charge in [-0.1, -0.05) is 49.8 Å². The Balaban J connectivity index is 2.08. The van der Waals surface area contributed by atoms with Gasteiger partial charge in [-0.25, -0.2) is 0 Å². The molecule has 3 rings (SSSR count). The summed E-state index contributed by atoms with van der Waals surface area (Å²) < 4.78 is 0. The third-order valence-corrected chi connectivity index (χ3v) is 4.97. The van der Waals surface area contributed by atoms with E-state index in [1.165, 1.54) is 39.0 Å². The van der Waals surface area contributed by atoms with Crippen molar-refractivity contribution in [1.82, 2.24) is 0 Å². The van der Waals surface area contributed by atoms with Gasteiger partial charge in [-0.15, -0.1) is 0 Å². The van der Waals surface area contributed by atoms with E-state index < -0.39 is 0 Å². The van der Waals surface area contributed by atoms with Gasteiger partial charge in [0.1, 0.15) is 0 Å². The minimum Gasteiger partial charge on any atom is -0.0619 e. The number of hydrogen-bond acceptors (Lipinski definition) is 0. The molecular weight excluding hydrogens is 228 g/mol. The number of rotatable bonds is 1. The molecule has 2 aliphatic carbocycles. The summed E-state index contributed by atoms with van der Waals surface area (Å²) in [7, 11) is 0. The number of benzene rings is 1. The van der Waals surface area contributed by atoms with Gasteiger partial charge >= 0.3 is 0 Å². The average Bonchev–Trinajstić information content (AvgIpc) is 2.84. The third-order valence-electron chi connectivity index (χ3n) is 4.97. The molecule has 0 saturated carbocycles. The van der Waals surface area contributed by atoms with E-state index in [1.807, 2.05) is 0 Å². The van der Waals surface area contributed by atoms with E-state index in [-0.39, 0.29) is 5.41 Å². The fourth-order valence-electron chi connectivity index (χ4n) is 3.47. The molecule has 97 valence electrons. The molecule has 0 heterocycles. The van der Waals surface area contributed by atoms with Crippen LogP contribution in [0.1, 0.15) is 45.7 Å². The van der Waals surface area contributed by atoms with E-state index in [2.05, 4.69) is 71.4 Å². The molecule has 0 aromatic heterocycles. The van der Waals surface area contributed by atoms with E-state index in [1.54, 1.807) is 0 Å². The van der Waals surface area contributed by atoms with Crippen LogP contribution < -0.4 is 0 Å². The molecule has 0 N–H and O–H groups in total. The highest BCUT2D eigenvalue weighted by molar-refractivity contribution is 5.77. The van der Waals surface area contributed by atoms with Crippen molar-refractivity contribution in [1.29, 1.82) is 0 Å². The first kappa shape index (κ1) is 12.5. The predicted molar refractivity (Wildman–Crippen MR) is 82.7 cm³/mol. The number of fused-ring (bicyclic) bond motifs is 1. The Bertz CT molecular complexity index is 648. The van der Waals surface area contributed by atoms with E-state index >= 15 is 0 Å². The highest BCUT2D eigenvalue weighted by atomic mass is 14.4. The first-order valence-corrected chi connectivity index (χ1v) is 6.98. The van der Waals surface area contributed by atoms with Crippen LogP contribution in [0.4, 0.5) is 0 Å². The highest BCUT2D eigenvalue weighted by Crippen LogP contribution is 2.51. The molecule has 2 aliphatic rings. The lowest BCUT2D eigenvalue weighted by molar-refractivity contribution is 0.556. The Kier molecular flexibility index (Phi) is 2.60. The maximum atomic E-state index is 2.34. The van der Waals surface area contributed by atoms with E-state index in [0.29, 0.717) is 0 Å². The summed E-state index contributed by atoms with van der Waals surface area (Å²) in [5.74, 6) is 0. The second kappa shape index (κ2) is 3.96. The number of allylic oxidation sites excluding steroid dienone is 5. The summed E-state index contributed by atoms with van der Waals surface area (Å²) in [5.41, 5.74) is 10.1. The van der Waals surface area contributed by atoms with Crippen molar-refractivity contribution in [3.63, 3.8) is 0 Å². The SMILES string of the molecule is CC1=C(C)C(C)(C)C(C2=Cc3ccccc3[CH]2)=C1C. The zero-order valence-corrected chi connectivity index (χ0v) is 12.5. The van der Waals surface area contributed by atoms with Crippen molar-refractivity contribution in [2.75, 3.05) is 0 Å². The van der Waals surface area contributed by atoms with Crippen LogP contribution in [-0.2, 0) is 0 Å². The highest BCUT2D eigenvalue weighted by Gasteiger charge is 2.37. The Hall–Kier alpha value is -1.56. The molecule has 0 atom stereocenters. The molecule has 0 nitrogen and oxygen atoms in total. The maximum absolute atomic E-state index is 2.34. The topological polar surface area (TPSA) is 0 Å². The Morgan fingerprint density at radius 1 is 0.842 bits per heavy atom. The lowest BCUT2D eigenvalue weighted by atomic mass is 9.77. The van der Waals surface area contributed by atoms with Crippen LogP contribution in [0.3, 0.4) is 0 Å². The smallest absolute Gasteiger partial charge is 0.0208 e. The van der Waals surface area contributed by atoms with Crippen molar-refractivity contribution >= 4 is 6.08 Å². The Morgan fingerprint density at radius 2 is 1.47 bits per heavy atom. The van der Waals surface area contributed by atoms with Crippen LogP contribution in [0.15, 0.2) is 52.1 Å². The van der Waals surface area contributed by atoms with Gasteiger partial charge in [0.2, 0.25) is 0 Å². The minimum absolute atomic E-state index is 0.151. The average molecular weight is 249 g/mol. The second-order valence-electron chi connectivity index (χ2n) is 6.25. The number of hydrogen-bond donors (Lipinski definition) is 0. The predicted octanol–water partition coefficient (Wildman–Crippen LogP) is 5.33.